The van der Waals surface area contributed by atoms with Gasteiger partial charge in [-0.2, -0.15) is 0 Å². The van der Waals surface area contributed by atoms with Crippen LogP contribution in [0.3, 0.4) is 0 Å². The first-order chi connectivity index (χ1) is 24.7. The number of rotatable bonds is 27. The first kappa shape index (κ1) is 45.2. The molecule has 0 radical (unpaired) electrons. The minimum absolute atomic E-state index is 0.00313. The molecule has 0 spiro atoms. The summed E-state index contributed by atoms with van der Waals surface area (Å²) in [6, 6.07) is -2.62. The van der Waals surface area contributed by atoms with E-state index in [2.05, 4.69) is 31.9 Å². The lowest BCUT2D eigenvalue weighted by molar-refractivity contribution is -0.143. The minimum Gasteiger partial charge on any atom is -0.481 e. The molecule has 1 aliphatic carbocycles. The molecule has 1 fully saturated rings. The lowest BCUT2D eigenvalue weighted by Crippen LogP contribution is -2.48. The van der Waals surface area contributed by atoms with Crippen molar-refractivity contribution < 1.29 is 67.9 Å². The van der Waals surface area contributed by atoms with E-state index in [1.54, 1.807) is 0 Å². The first-order valence-corrected chi connectivity index (χ1v) is 17.1. The number of carbonyl (C=O) groups excluding carboxylic acids is 6. The Hall–Kier alpha value is -4.85. The number of hydrogen-bond acceptors (Lipinski definition) is 11. The predicted octanol–water partition coefficient (Wildman–Crippen LogP) is -2.13. The molecule has 52 heavy (non-hydrogen) atoms. The molecule has 6 amide bonds. The van der Waals surface area contributed by atoms with Crippen LogP contribution in [0.5, 0.6) is 0 Å². The molecular weight excluding hydrogens is 692 g/mol. The molecule has 2 atom stereocenters. The van der Waals surface area contributed by atoms with Gasteiger partial charge >= 0.3 is 17.9 Å². The van der Waals surface area contributed by atoms with Crippen molar-refractivity contribution in [2.45, 2.75) is 82.7 Å². The van der Waals surface area contributed by atoms with Crippen molar-refractivity contribution in [3.8, 4) is 0 Å². The quantitative estimate of drug-likeness (QED) is 0.0406. The van der Waals surface area contributed by atoms with Gasteiger partial charge in [0.1, 0.15) is 18.7 Å². The number of carboxylic acids is 3. The third-order valence-corrected chi connectivity index (χ3v) is 8.05. The fourth-order valence-electron chi connectivity index (χ4n) is 5.07. The Balaban J connectivity index is 2.43. The van der Waals surface area contributed by atoms with Crippen molar-refractivity contribution in [3.05, 3.63) is 0 Å². The zero-order valence-corrected chi connectivity index (χ0v) is 29.4. The van der Waals surface area contributed by atoms with Crippen LogP contribution >= 0.6 is 0 Å². The van der Waals surface area contributed by atoms with Crippen LogP contribution in [0.1, 0.15) is 70.6 Å². The summed E-state index contributed by atoms with van der Waals surface area (Å²) < 4.78 is 10.4. The van der Waals surface area contributed by atoms with E-state index in [4.69, 9.17) is 19.7 Å². The molecule has 9 N–H and O–H groups in total. The molecule has 0 heterocycles. The monoisotopic (exact) mass is 744 g/mol. The van der Waals surface area contributed by atoms with Crippen LogP contribution in [0, 0.1) is 11.8 Å². The number of carbonyl (C=O) groups is 9. The molecule has 1 aliphatic rings. The fourth-order valence-corrected chi connectivity index (χ4v) is 5.07. The normalized spacial score (nSPS) is 16.3. The molecule has 0 unspecified atom stereocenters. The van der Waals surface area contributed by atoms with Crippen LogP contribution in [-0.4, -0.2) is 134 Å². The van der Waals surface area contributed by atoms with Crippen LogP contribution in [0.25, 0.3) is 0 Å². The van der Waals surface area contributed by atoms with Gasteiger partial charge in [0.25, 0.3) is 0 Å². The summed E-state index contributed by atoms with van der Waals surface area (Å²) in [7, 11) is 1.43. The number of ether oxygens (including phenoxy) is 2. The van der Waals surface area contributed by atoms with Crippen molar-refractivity contribution in [1.82, 2.24) is 31.9 Å². The van der Waals surface area contributed by atoms with E-state index in [-0.39, 0.29) is 95.8 Å². The largest absolute Gasteiger partial charge is 0.481 e. The second-order valence-corrected chi connectivity index (χ2v) is 12.2. The maximum Gasteiger partial charge on any atom is 0.326 e. The lowest BCUT2D eigenvalue weighted by atomic mass is 9.81. The Labute approximate surface area is 300 Å². The Kier molecular flexibility index (Phi) is 22.6. The molecule has 0 bridgehead atoms. The van der Waals surface area contributed by atoms with Gasteiger partial charge in [-0.3, -0.25) is 38.4 Å². The topological polar surface area (TPSA) is 305 Å². The third-order valence-electron chi connectivity index (χ3n) is 8.05. The molecule has 20 heteroatoms. The van der Waals surface area contributed by atoms with Crippen LogP contribution in [0.2, 0.25) is 0 Å². The number of aliphatic carboxylic acids is 3. The van der Waals surface area contributed by atoms with Gasteiger partial charge < -0.3 is 56.7 Å². The summed E-state index contributed by atoms with van der Waals surface area (Å²) in [6.07, 6.45) is 1.12. The van der Waals surface area contributed by atoms with Gasteiger partial charge in [0.15, 0.2) is 0 Å². The summed E-state index contributed by atoms with van der Waals surface area (Å²) in [5.41, 5.74) is 0. The van der Waals surface area contributed by atoms with E-state index < -0.39 is 66.0 Å². The second-order valence-electron chi connectivity index (χ2n) is 12.2. The Morgan fingerprint density at radius 3 is 1.94 bits per heavy atom. The molecule has 1 rings (SSSR count). The highest BCUT2D eigenvalue weighted by Crippen LogP contribution is 2.28. The average molecular weight is 745 g/mol. The van der Waals surface area contributed by atoms with Gasteiger partial charge in [0.05, 0.1) is 26.4 Å². The highest BCUT2D eigenvalue weighted by atomic mass is 16.5. The third kappa shape index (κ3) is 21.4. The van der Waals surface area contributed by atoms with E-state index in [0.29, 0.717) is 32.2 Å². The van der Waals surface area contributed by atoms with Crippen molar-refractivity contribution in [2.24, 2.45) is 11.8 Å². The number of carboxylic acid groups (broad SMARTS) is 3. The molecular formula is C32H52N6O14. The SMILES string of the molecule is CNC(=O)CNC(=O)COCCOCCNC(=O)[C@H](CCC(=O)O)NC(=O)CC[C@H](NC(=O)[C@H]1CC[C@H](CNC(=O)CCCC(=O)O)CC1)C(=O)O. The van der Waals surface area contributed by atoms with Crippen molar-refractivity contribution in [3.63, 3.8) is 0 Å². The molecule has 1 saturated carbocycles. The zero-order chi connectivity index (χ0) is 38.9. The smallest absolute Gasteiger partial charge is 0.326 e. The number of nitrogens with one attached hydrogen (secondary N) is 6. The fraction of sp³-hybridized carbons (Fsp3) is 0.719. The summed E-state index contributed by atoms with van der Waals surface area (Å²) in [5, 5.41) is 42.3. The van der Waals surface area contributed by atoms with Crippen LogP contribution in [-0.2, 0) is 52.6 Å². The lowest BCUT2D eigenvalue weighted by Gasteiger charge is -2.28. The van der Waals surface area contributed by atoms with Crippen molar-refractivity contribution >= 4 is 53.4 Å². The maximum atomic E-state index is 12.9. The van der Waals surface area contributed by atoms with Crippen LogP contribution < -0.4 is 31.9 Å². The van der Waals surface area contributed by atoms with E-state index in [9.17, 15) is 48.3 Å². The van der Waals surface area contributed by atoms with Gasteiger partial charge in [0, 0.05) is 51.7 Å². The van der Waals surface area contributed by atoms with E-state index in [1.165, 1.54) is 7.05 Å². The summed E-state index contributed by atoms with van der Waals surface area (Å²) in [5.74, 6) is -6.81. The average Bonchev–Trinajstić information content (AvgIpc) is 3.10. The van der Waals surface area contributed by atoms with Crippen LogP contribution in [0.4, 0.5) is 0 Å². The van der Waals surface area contributed by atoms with Crippen LogP contribution in [0.15, 0.2) is 0 Å². The summed E-state index contributed by atoms with van der Waals surface area (Å²) in [4.78, 5) is 106. The minimum atomic E-state index is -1.38. The Bertz CT molecular complexity index is 1220. The number of amides is 6. The molecule has 0 aromatic rings. The molecule has 0 aromatic carbocycles. The second kappa shape index (κ2) is 26.0. The van der Waals surface area contributed by atoms with E-state index in [0.717, 1.165) is 0 Å². The Morgan fingerprint density at radius 1 is 0.654 bits per heavy atom. The summed E-state index contributed by atoms with van der Waals surface area (Å²) >= 11 is 0. The number of likely N-dealkylation sites (N-methyl/N-ethyl adjacent to an activating group) is 1. The van der Waals surface area contributed by atoms with Gasteiger partial charge in [0.2, 0.25) is 35.4 Å². The van der Waals surface area contributed by atoms with Gasteiger partial charge in [-0.25, -0.2) is 4.79 Å². The highest BCUT2D eigenvalue weighted by molar-refractivity contribution is 5.89. The molecule has 0 aromatic heterocycles. The predicted molar refractivity (Wildman–Crippen MR) is 179 cm³/mol. The molecule has 0 saturated heterocycles. The van der Waals surface area contributed by atoms with Crippen molar-refractivity contribution in [1.29, 1.82) is 0 Å². The highest BCUT2D eigenvalue weighted by Gasteiger charge is 2.30. The van der Waals surface area contributed by atoms with E-state index in [1.807, 2.05) is 0 Å². The molecule has 294 valence electrons. The molecule has 0 aliphatic heterocycles. The summed E-state index contributed by atoms with van der Waals surface area (Å²) in [6.45, 7) is 0.105. The molecule has 20 nitrogen and oxygen atoms in total. The van der Waals surface area contributed by atoms with Gasteiger partial charge in [-0.1, -0.05) is 0 Å². The van der Waals surface area contributed by atoms with Gasteiger partial charge in [-0.05, 0) is 50.9 Å². The Morgan fingerprint density at radius 2 is 1.31 bits per heavy atom. The first-order valence-electron chi connectivity index (χ1n) is 17.1. The zero-order valence-electron chi connectivity index (χ0n) is 29.4. The van der Waals surface area contributed by atoms with Gasteiger partial charge in [-0.15, -0.1) is 0 Å². The van der Waals surface area contributed by atoms with E-state index >= 15 is 0 Å². The standard InChI is InChI=1S/C32H52N6O14/c1-33-26(41)18-36-27(42)19-52-16-15-51-14-13-34-31(48)22(10-12-29(45)46)37-25(40)11-9-23(32(49)50)38-30(47)21-7-5-20(6-8-21)17-35-24(39)3-2-4-28(43)44/h20-23H,2-19H2,1H3,(H,33,41)(H,34,48)(H,35,39)(H,36,42)(H,37,40)(H,38,47)(H,43,44)(H,45,46)(H,49,50)/t20-,21-,22-,23-/m0/s1. The maximum absolute atomic E-state index is 12.9. The van der Waals surface area contributed by atoms with Crippen molar-refractivity contribution in [2.75, 3.05) is 53.1 Å². The number of hydrogen-bond donors (Lipinski definition) is 9.